The van der Waals surface area contributed by atoms with Gasteiger partial charge >= 0.3 is 0 Å². The summed E-state index contributed by atoms with van der Waals surface area (Å²) in [5, 5.41) is 3.59. The van der Waals surface area contributed by atoms with Gasteiger partial charge in [0.15, 0.2) is 0 Å². The molecule has 2 aliphatic rings. The highest BCUT2D eigenvalue weighted by atomic mass is 16.5. The number of anilines is 2. The SMILES string of the molecule is CC1CC(Nc2ccc(N3CCOCC3)nc2)CC(C)O1. The van der Waals surface area contributed by atoms with E-state index in [1.807, 2.05) is 6.20 Å². The van der Waals surface area contributed by atoms with E-state index in [9.17, 15) is 0 Å². The lowest BCUT2D eigenvalue weighted by Gasteiger charge is -2.33. The van der Waals surface area contributed by atoms with Crippen LogP contribution in [0.15, 0.2) is 18.3 Å². The highest BCUT2D eigenvalue weighted by Gasteiger charge is 2.24. The molecule has 1 N–H and O–H groups in total. The van der Waals surface area contributed by atoms with Crippen LogP contribution in [0.1, 0.15) is 26.7 Å². The zero-order valence-electron chi connectivity index (χ0n) is 12.9. The van der Waals surface area contributed by atoms with Gasteiger partial charge in [-0.3, -0.25) is 0 Å². The molecule has 3 heterocycles. The van der Waals surface area contributed by atoms with E-state index in [4.69, 9.17) is 9.47 Å². The maximum atomic E-state index is 5.78. The van der Waals surface area contributed by atoms with Crippen molar-refractivity contribution >= 4 is 11.5 Å². The zero-order chi connectivity index (χ0) is 14.7. The predicted octanol–water partition coefficient (Wildman–Crippen LogP) is 2.29. The van der Waals surface area contributed by atoms with Crippen molar-refractivity contribution in [2.45, 2.75) is 44.9 Å². The number of nitrogens with zero attached hydrogens (tertiary/aromatic N) is 2. The highest BCUT2D eigenvalue weighted by Crippen LogP contribution is 2.23. The van der Waals surface area contributed by atoms with Crippen LogP contribution in [-0.2, 0) is 9.47 Å². The molecule has 1 aromatic rings. The molecule has 2 unspecified atom stereocenters. The van der Waals surface area contributed by atoms with Gasteiger partial charge in [0.1, 0.15) is 5.82 Å². The molecule has 5 heteroatoms. The first kappa shape index (κ1) is 14.6. The molecular weight excluding hydrogens is 266 g/mol. The molecule has 2 aliphatic heterocycles. The van der Waals surface area contributed by atoms with Crippen LogP contribution in [0.25, 0.3) is 0 Å². The minimum absolute atomic E-state index is 0.326. The Bertz CT molecular complexity index is 435. The number of hydrogen-bond donors (Lipinski definition) is 1. The summed E-state index contributed by atoms with van der Waals surface area (Å²) in [5.41, 5.74) is 1.10. The number of hydrogen-bond acceptors (Lipinski definition) is 5. The van der Waals surface area contributed by atoms with Crippen molar-refractivity contribution in [3.05, 3.63) is 18.3 Å². The minimum Gasteiger partial charge on any atom is -0.381 e. The summed E-state index contributed by atoms with van der Waals surface area (Å²) in [6.45, 7) is 7.72. The van der Waals surface area contributed by atoms with Gasteiger partial charge in [0.25, 0.3) is 0 Å². The van der Waals surface area contributed by atoms with Crippen LogP contribution in [-0.4, -0.2) is 49.5 Å². The third-order valence-electron chi connectivity index (χ3n) is 4.15. The van der Waals surface area contributed by atoms with Gasteiger partial charge < -0.3 is 19.7 Å². The van der Waals surface area contributed by atoms with Crippen LogP contribution in [0.4, 0.5) is 11.5 Å². The lowest BCUT2D eigenvalue weighted by molar-refractivity contribution is -0.0337. The molecule has 2 atom stereocenters. The van der Waals surface area contributed by atoms with Crippen molar-refractivity contribution in [3.8, 4) is 0 Å². The first-order valence-corrected chi connectivity index (χ1v) is 7.91. The van der Waals surface area contributed by atoms with E-state index in [2.05, 4.69) is 41.2 Å². The second-order valence-electron chi connectivity index (χ2n) is 6.07. The van der Waals surface area contributed by atoms with Gasteiger partial charge in [-0.1, -0.05) is 0 Å². The fraction of sp³-hybridized carbons (Fsp3) is 0.688. The first-order chi connectivity index (χ1) is 10.2. The molecule has 21 heavy (non-hydrogen) atoms. The highest BCUT2D eigenvalue weighted by molar-refractivity contribution is 5.49. The molecule has 0 amide bonds. The Labute approximate surface area is 126 Å². The number of nitrogens with one attached hydrogen (secondary N) is 1. The summed E-state index contributed by atoms with van der Waals surface area (Å²) < 4.78 is 11.2. The number of ether oxygens (including phenoxy) is 2. The van der Waals surface area contributed by atoms with Crippen molar-refractivity contribution < 1.29 is 9.47 Å². The van der Waals surface area contributed by atoms with Crippen LogP contribution >= 0.6 is 0 Å². The van der Waals surface area contributed by atoms with E-state index in [0.717, 1.165) is 50.7 Å². The van der Waals surface area contributed by atoms with Crippen molar-refractivity contribution in [2.24, 2.45) is 0 Å². The molecule has 2 saturated heterocycles. The van der Waals surface area contributed by atoms with E-state index in [-0.39, 0.29) is 0 Å². The van der Waals surface area contributed by atoms with E-state index in [1.165, 1.54) is 0 Å². The van der Waals surface area contributed by atoms with Crippen LogP contribution in [0.2, 0.25) is 0 Å². The summed E-state index contributed by atoms with van der Waals surface area (Å²) >= 11 is 0. The lowest BCUT2D eigenvalue weighted by Crippen LogP contribution is -2.37. The van der Waals surface area contributed by atoms with Crippen molar-refractivity contribution in [1.82, 2.24) is 4.98 Å². The summed E-state index contributed by atoms with van der Waals surface area (Å²) in [7, 11) is 0. The van der Waals surface area contributed by atoms with Crippen molar-refractivity contribution in [1.29, 1.82) is 0 Å². The van der Waals surface area contributed by atoms with E-state index < -0.39 is 0 Å². The number of morpholine rings is 1. The molecule has 0 saturated carbocycles. The summed E-state index contributed by atoms with van der Waals surface area (Å²) in [6, 6.07) is 4.70. The molecular formula is C16H25N3O2. The second kappa shape index (κ2) is 6.62. The number of aromatic nitrogens is 1. The normalized spacial score (nSPS) is 30.2. The summed E-state index contributed by atoms with van der Waals surface area (Å²) in [6.07, 6.45) is 4.69. The predicted molar refractivity (Wildman–Crippen MR) is 83.9 cm³/mol. The molecule has 0 aliphatic carbocycles. The Balaban J connectivity index is 1.59. The van der Waals surface area contributed by atoms with E-state index >= 15 is 0 Å². The first-order valence-electron chi connectivity index (χ1n) is 7.91. The molecule has 2 fully saturated rings. The van der Waals surface area contributed by atoms with Crippen LogP contribution in [0.3, 0.4) is 0 Å². The molecule has 5 nitrogen and oxygen atoms in total. The van der Waals surface area contributed by atoms with Crippen LogP contribution < -0.4 is 10.2 Å². The molecule has 3 rings (SSSR count). The molecule has 0 spiro atoms. The third-order valence-corrected chi connectivity index (χ3v) is 4.15. The lowest BCUT2D eigenvalue weighted by atomic mass is 10.00. The van der Waals surface area contributed by atoms with Crippen LogP contribution in [0, 0.1) is 0 Å². The number of rotatable bonds is 3. The van der Waals surface area contributed by atoms with Gasteiger partial charge in [-0.2, -0.15) is 0 Å². The smallest absolute Gasteiger partial charge is 0.128 e. The van der Waals surface area contributed by atoms with Gasteiger partial charge in [0.05, 0.1) is 37.3 Å². The van der Waals surface area contributed by atoms with Gasteiger partial charge in [0.2, 0.25) is 0 Å². The van der Waals surface area contributed by atoms with Gasteiger partial charge in [-0.05, 0) is 38.8 Å². The standard InChI is InChI=1S/C16H25N3O2/c1-12-9-15(10-13(2)21-12)18-14-3-4-16(17-11-14)19-5-7-20-8-6-19/h3-4,11-13,15,18H,5-10H2,1-2H3. The minimum atomic E-state index is 0.326. The zero-order valence-corrected chi connectivity index (χ0v) is 12.9. The van der Waals surface area contributed by atoms with Gasteiger partial charge in [0, 0.05) is 19.1 Å². The molecule has 0 bridgehead atoms. The van der Waals surface area contributed by atoms with Crippen LogP contribution in [0.5, 0.6) is 0 Å². The fourth-order valence-corrected chi connectivity index (χ4v) is 3.21. The summed E-state index contributed by atoms with van der Waals surface area (Å²) in [5.74, 6) is 1.04. The third kappa shape index (κ3) is 3.86. The Morgan fingerprint density at radius 3 is 2.48 bits per heavy atom. The maximum absolute atomic E-state index is 5.78. The molecule has 0 radical (unpaired) electrons. The summed E-state index contributed by atoms with van der Waals surface area (Å²) in [4.78, 5) is 6.85. The van der Waals surface area contributed by atoms with E-state index in [0.29, 0.717) is 18.2 Å². The Morgan fingerprint density at radius 2 is 1.86 bits per heavy atom. The Hall–Kier alpha value is -1.33. The monoisotopic (exact) mass is 291 g/mol. The quantitative estimate of drug-likeness (QED) is 0.926. The van der Waals surface area contributed by atoms with Crippen molar-refractivity contribution in [2.75, 3.05) is 36.5 Å². The molecule has 116 valence electrons. The average Bonchev–Trinajstić information content (AvgIpc) is 2.48. The number of pyridine rings is 1. The largest absolute Gasteiger partial charge is 0.381 e. The molecule has 0 aromatic carbocycles. The van der Waals surface area contributed by atoms with Gasteiger partial charge in [-0.15, -0.1) is 0 Å². The fourth-order valence-electron chi connectivity index (χ4n) is 3.21. The molecule has 1 aromatic heterocycles. The van der Waals surface area contributed by atoms with E-state index in [1.54, 1.807) is 0 Å². The Morgan fingerprint density at radius 1 is 1.14 bits per heavy atom. The topological polar surface area (TPSA) is 46.6 Å². The van der Waals surface area contributed by atoms with Gasteiger partial charge in [-0.25, -0.2) is 4.98 Å². The Kier molecular flexibility index (Phi) is 4.60. The van der Waals surface area contributed by atoms with Crippen molar-refractivity contribution in [3.63, 3.8) is 0 Å². The average molecular weight is 291 g/mol. The maximum Gasteiger partial charge on any atom is 0.128 e. The second-order valence-corrected chi connectivity index (χ2v) is 6.07.